The van der Waals surface area contributed by atoms with E-state index in [9.17, 15) is 0 Å². The zero-order chi connectivity index (χ0) is 15.6. The molecule has 0 aliphatic heterocycles. The quantitative estimate of drug-likeness (QED) is 0.144. The molecule has 0 aromatic heterocycles. The largest absolute Gasteiger partial charge is 0.435 e. The van der Waals surface area contributed by atoms with Crippen molar-refractivity contribution in [1.82, 2.24) is 0 Å². The van der Waals surface area contributed by atoms with Gasteiger partial charge in [0, 0.05) is 40.8 Å². The van der Waals surface area contributed by atoms with Gasteiger partial charge in [-0.3, -0.25) is 0 Å². The molecule has 0 spiro atoms. The van der Waals surface area contributed by atoms with Crippen LogP contribution in [0, 0.1) is 0 Å². The minimum absolute atomic E-state index is 0.585. The van der Waals surface area contributed by atoms with Gasteiger partial charge in [0.05, 0.1) is 8.95 Å². The lowest BCUT2D eigenvalue weighted by Crippen LogP contribution is -2.28. The van der Waals surface area contributed by atoms with Gasteiger partial charge in [0.25, 0.3) is 0 Å². The Bertz CT molecular complexity index is 645. The van der Waals surface area contributed by atoms with Crippen LogP contribution in [-0.4, -0.2) is 3.61 Å². The van der Waals surface area contributed by atoms with Crippen LogP contribution in [0.1, 0.15) is 0 Å². The summed E-state index contributed by atoms with van der Waals surface area (Å²) in [5.41, 5.74) is 0. The van der Waals surface area contributed by atoms with E-state index in [1.165, 1.54) is 0 Å². The van der Waals surface area contributed by atoms with Crippen LogP contribution < -0.4 is 9.47 Å². The van der Waals surface area contributed by atoms with Gasteiger partial charge in [-0.1, -0.05) is 18.2 Å². The minimum Gasteiger partial charge on any atom is -0.435 e. The van der Waals surface area contributed by atoms with Crippen molar-refractivity contribution in [3.63, 3.8) is 0 Å². The third kappa shape index (κ3) is 4.94. The molecular weight excluding hydrogens is 668 g/mol. The highest BCUT2D eigenvalue weighted by Gasteiger charge is 2.29. The first-order valence-electron chi connectivity index (χ1n) is 5.44. The lowest BCUT2D eigenvalue weighted by Gasteiger charge is -2.24. The van der Waals surface area contributed by atoms with Crippen LogP contribution in [0.15, 0.2) is 54.3 Å². The van der Waals surface area contributed by atoms with Gasteiger partial charge in [-0.15, -0.1) is 0 Å². The fraction of sp³-hybridized carbons (Fsp3) is 0.0769. The maximum atomic E-state index is 5.84. The number of ether oxygens (including phenoxy) is 2. The number of hydrogen-bond donors (Lipinski definition) is 0. The second kappa shape index (κ2) is 7.66. The van der Waals surface area contributed by atoms with E-state index in [1.54, 1.807) is 0 Å². The lowest BCUT2D eigenvalue weighted by molar-refractivity contribution is 0.0646. The fourth-order valence-corrected chi connectivity index (χ4v) is 4.18. The molecule has 0 saturated heterocycles. The molecule has 0 heterocycles. The van der Waals surface area contributed by atoms with Gasteiger partial charge in [-0.25, -0.2) is 0 Å². The number of para-hydroxylation sites is 1. The standard InChI is InChI=1S/C13H6Br6O2/c14-8-6-9(11(16)12(17)10(8)15)21-13(18,19)20-7-4-2-1-3-5-7/h1-6H. The highest BCUT2D eigenvalue weighted by molar-refractivity contribution is 9.25. The van der Waals surface area contributed by atoms with Gasteiger partial charge in [0.15, 0.2) is 0 Å². The van der Waals surface area contributed by atoms with Crippen LogP contribution in [0.4, 0.5) is 0 Å². The predicted octanol–water partition coefficient (Wildman–Crippen LogP) is 7.60. The molecule has 0 atom stereocenters. The molecule has 0 radical (unpaired) electrons. The van der Waals surface area contributed by atoms with Crippen molar-refractivity contribution >= 4 is 95.6 Å². The summed E-state index contributed by atoms with van der Waals surface area (Å²) in [5.74, 6) is 1.25. The highest BCUT2D eigenvalue weighted by Crippen LogP contribution is 2.45. The summed E-state index contributed by atoms with van der Waals surface area (Å²) >= 11 is 20.6. The van der Waals surface area contributed by atoms with Crippen LogP contribution in [0.3, 0.4) is 0 Å². The molecule has 0 saturated carbocycles. The van der Waals surface area contributed by atoms with Gasteiger partial charge in [-0.05, 0) is 81.9 Å². The van der Waals surface area contributed by atoms with Crippen LogP contribution >= 0.6 is 95.6 Å². The van der Waals surface area contributed by atoms with Gasteiger partial charge in [0.1, 0.15) is 11.5 Å². The normalized spacial score (nSPS) is 11.3. The van der Waals surface area contributed by atoms with Gasteiger partial charge < -0.3 is 9.47 Å². The zero-order valence-electron chi connectivity index (χ0n) is 10.0. The average Bonchev–Trinajstić information content (AvgIpc) is 2.43. The summed E-state index contributed by atoms with van der Waals surface area (Å²) < 4.78 is 13.7. The molecule has 0 fully saturated rings. The van der Waals surface area contributed by atoms with E-state index < -0.39 is 3.61 Å². The third-order valence-corrected chi connectivity index (χ3v) is 7.55. The molecular formula is C13H6Br6O2. The minimum atomic E-state index is -1.18. The van der Waals surface area contributed by atoms with Crippen molar-refractivity contribution < 1.29 is 9.47 Å². The molecule has 8 heteroatoms. The van der Waals surface area contributed by atoms with E-state index >= 15 is 0 Å². The Morgan fingerprint density at radius 1 is 0.762 bits per heavy atom. The first-order chi connectivity index (χ1) is 9.80. The molecule has 0 amide bonds. The van der Waals surface area contributed by atoms with Crippen molar-refractivity contribution in [2.45, 2.75) is 3.61 Å². The summed E-state index contributed by atoms with van der Waals surface area (Å²) in [4.78, 5) is 0. The van der Waals surface area contributed by atoms with Gasteiger partial charge in [-0.2, -0.15) is 0 Å². The molecule has 112 valence electrons. The molecule has 2 aromatic rings. The zero-order valence-corrected chi connectivity index (χ0v) is 19.6. The third-order valence-electron chi connectivity index (χ3n) is 2.28. The van der Waals surface area contributed by atoms with E-state index in [4.69, 9.17) is 9.47 Å². The number of benzene rings is 2. The molecule has 0 unspecified atom stereocenters. The fourth-order valence-electron chi connectivity index (χ4n) is 1.40. The van der Waals surface area contributed by atoms with Crippen LogP contribution in [0.2, 0.25) is 0 Å². The number of alkyl halides is 2. The number of halogens is 6. The second-order valence-electron chi connectivity index (χ2n) is 3.78. The van der Waals surface area contributed by atoms with Crippen LogP contribution in [0.25, 0.3) is 0 Å². The maximum absolute atomic E-state index is 5.84. The SMILES string of the molecule is Brc1cc(OC(Br)(Br)Oc2ccccc2)c(Br)c(Br)c1Br. The topological polar surface area (TPSA) is 18.5 Å². The number of hydrogen-bond acceptors (Lipinski definition) is 2. The molecule has 21 heavy (non-hydrogen) atoms. The monoisotopic (exact) mass is 668 g/mol. The lowest BCUT2D eigenvalue weighted by atomic mass is 10.3. The average molecular weight is 674 g/mol. The van der Waals surface area contributed by atoms with E-state index in [1.807, 2.05) is 36.4 Å². The van der Waals surface area contributed by atoms with Gasteiger partial charge >= 0.3 is 3.61 Å². The molecule has 2 rings (SSSR count). The Hall–Kier alpha value is 0.920. The van der Waals surface area contributed by atoms with Crippen molar-refractivity contribution in [2.75, 3.05) is 0 Å². The van der Waals surface area contributed by atoms with E-state index in [2.05, 4.69) is 95.6 Å². The molecule has 2 nitrogen and oxygen atoms in total. The summed E-state index contributed by atoms with van der Waals surface area (Å²) in [7, 11) is 0. The molecule has 0 aliphatic carbocycles. The first-order valence-corrected chi connectivity index (χ1v) is 10.2. The first kappa shape index (κ1) is 18.3. The predicted molar refractivity (Wildman–Crippen MR) is 106 cm³/mol. The second-order valence-corrected chi connectivity index (χ2v) is 10.2. The number of rotatable bonds is 4. The molecule has 0 aliphatic rings. The molecule has 0 N–H and O–H groups in total. The summed E-state index contributed by atoms with van der Waals surface area (Å²) in [6.07, 6.45) is 0. The van der Waals surface area contributed by atoms with Crippen LogP contribution in [-0.2, 0) is 0 Å². The van der Waals surface area contributed by atoms with Crippen molar-refractivity contribution in [1.29, 1.82) is 0 Å². The summed E-state index contributed by atoms with van der Waals surface area (Å²) in [6, 6.07) is 11.2. The highest BCUT2D eigenvalue weighted by atomic mass is 79.9. The Labute approximate surface area is 172 Å². The summed E-state index contributed by atoms with van der Waals surface area (Å²) in [5, 5.41) is 0. The summed E-state index contributed by atoms with van der Waals surface area (Å²) in [6.45, 7) is 0. The Morgan fingerprint density at radius 3 is 2.00 bits per heavy atom. The molecule has 0 bridgehead atoms. The van der Waals surface area contributed by atoms with Crippen molar-refractivity contribution in [3.05, 3.63) is 54.3 Å². The van der Waals surface area contributed by atoms with E-state index in [0.717, 1.165) is 17.9 Å². The Morgan fingerprint density at radius 2 is 1.38 bits per heavy atom. The molecule has 2 aromatic carbocycles. The van der Waals surface area contributed by atoms with Crippen molar-refractivity contribution in [2.24, 2.45) is 0 Å². The van der Waals surface area contributed by atoms with E-state index in [0.29, 0.717) is 11.5 Å². The Kier molecular flexibility index (Phi) is 6.66. The maximum Gasteiger partial charge on any atom is 0.368 e. The Balaban J connectivity index is 2.25. The van der Waals surface area contributed by atoms with Crippen LogP contribution in [0.5, 0.6) is 11.5 Å². The van der Waals surface area contributed by atoms with E-state index in [-0.39, 0.29) is 0 Å². The smallest absolute Gasteiger partial charge is 0.368 e. The van der Waals surface area contributed by atoms with Crippen molar-refractivity contribution in [3.8, 4) is 11.5 Å². The van der Waals surface area contributed by atoms with Gasteiger partial charge in [0.2, 0.25) is 0 Å².